The molecule has 124 valence electrons. The molecule has 0 radical (unpaired) electrons. The molecule has 1 aromatic heterocycles. The second-order valence-corrected chi connectivity index (χ2v) is 6.34. The number of nitrogens with zero attached hydrogens (tertiary/aromatic N) is 2. The fourth-order valence-corrected chi connectivity index (χ4v) is 3.43. The Hall–Kier alpha value is -1.85. The van der Waals surface area contributed by atoms with E-state index >= 15 is 0 Å². The van der Waals surface area contributed by atoms with Crippen molar-refractivity contribution in [2.45, 2.75) is 25.3 Å². The van der Waals surface area contributed by atoms with Crippen LogP contribution in [0.1, 0.15) is 18.4 Å². The number of benzene rings is 1. The van der Waals surface area contributed by atoms with E-state index in [9.17, 15) is 4.79 Å². The number of methoxy groups -OCH3 is 1. The van der Waals surface area contributed by atoms with Gasteiger partial charge in [-0.05, 0) is 55.9 Å². The summed E-state index contributed by atoms with van der Waals surface area (Å²) in [4.78, 5) is 14.5. The van der Waals surface area contributed by atoms with Crippen molar-refractivity contribution < 1.29 is 4.74 Å². The molecule has 0 saturated carbocycles. The number of likely N-dealkylation sites (tertiary alicyclic amines) is 1. The number of hydrogen-bond donors (Lipinski definition) is 1. The molecule has 1 aliphatic rings. The van der Waals surface area contributed by atoms with Gasteiger partial charge in [-0.2, -0.15) is 0 Å². The highest BCUT2D eigenvalue weighted by Crippen LogP contribution is 2.27. The quantitative estimate of drug-likeness (QED) is 0.929. The Balaban J connectivity index is 1.91. The monoisotopic (exact) mass is 315 g/mol. The van der Waals surface area contributed by atoms with Gasteiger partial charge in [0.15, 0.2) is 0 Å². The molecule has 0 amide bonds. The smallest absolute Gasteiger partial charge is 0.250 e. The zero-order chi connectivity index (χ0) is 16.4. The molecule has 2 N–H and O–H groups in total. The second kappa shape index (κ2) is 6.72. The number of piperidine rings is 1. The molecule has 0 unspecified atom stereocenters. The Kier molecular flexibility index (Phi) is 4.68. The molecule has 0 atom stereocenters. The van der Waals surface area contributed by atoms with E-state index in [1.165, 1.54) is 0 Å². The number of aromatic nitrogens is 1. The summed E-state index contributed by atoms with van der Waals surface area (Å²) >= 11 is 0. The van der Waals surface area contributed by atoms with Gasteiger partial charge in [0.05, 0.1) is 12.6 Å². The van der Waals surface area contributed by atoms with Crippen molar-refractivity contribution in [2.75, 3.05) is 26.7 Å². The van der Waals surface area contributed by atoms with Crippen LogP contribution in [-0.4, -0.2) is 42.3 Å². The van der Waals surface area contributed by atoms with Crippen LogP contribution in [0, 0.1) is 0 Å². The van der Waals surface area contributed by atoms with Crippen molar-refractivity contribution in [3.63, 3.8) is 0 Å². The minimum absolute atomic E-state index is 0.0101. The van der Waals surface area contributed by atoms with Crippen LogP contribution < -0.4 is 16.0 Å². The van der Waals surface area contributed by atoms with Gasteiger partial charge in [-0.25, -0.2) is 0 Å². The number of pyridine rings is 1. The number of aryl methyl sites for hydroxylation is 1. The van der Waals surface area contributed by atoms with E-state index in [0.717, 1.165) is 61.1 Å². The molecule has 3 rings (SSSR count). The molecule has 1 aliphatic heterocycles. The normalized spacial score (nSPS) is 16.8. The lowest BCUT2D eigenvalue weighted by Crippen LogP contribution is -2.40. The highest BCUT2D eigenvalue weighted by molar-refractivity contribution is 5.84. The molecule has 2 aromatic rings. The SMILES string of the molecule is COc1ccc2ccc(=O)n(C)c2c1CCN1CCC(N)CC1. The summed E-state index contributed by atoms with van der Waals surface area (Å²) in [5.74, 6) is 0.854. The van der Waals surface area contributed by atoms with E-state index in [0.29, 0.717) is 6.04 Å². The first kappa shape index (κ1) is 16.0. The molecule has 1 saturated heterocycles. The van der Waals surface area contributed by atoms with Gasteiger partial charge in [0, 0.05) is 31.3 Å². The van der Waals surface area contributed by atoms with Crippen molar-refractivity contribution >= 4 is 10.9 Å². The Bertz CT molecular complexity index is 746. The summed E-state index contributed by atoms with van der Waals surface area (Å²) in [6.45, 7) is 3.06. The fourth-order valence-electron chi connectivity index (χ4n) is 3.43. The summed E-state index contributed by atoms with van der Waals surface area (Å²) in [7, 11) is 3.51. The first-order valence-corrected chi connectivity index (χ1v) is 8.23. The van der Waals surface area contributed by atoms with Gasteiger partial charge in [0.1, 0.15) is 5.75 Å². The molecule has 0 bridgehead atoms. The van der Waals surface area contributed by atoms with Crippen molar-refractivity contribution in [1.29, 1.82) is 0 Å². The van der Waals surface area contributed by atoms with E-state index in [4.69, 9.17) is 10.5 Å². The predicted octanol–water partition coefficient (Wildman–Crippen LogP) is 1.51. The average molecular weight is 315 g/mol. The largest absolute Gasteiger partial charge is 0.496 e. The molecule has 23 heavy (non-hydrogen) atoms. The lowest BCUT2D eigenvalue weighted by atomic mass is 10.0. The molecule has 5 heteroatoms. The molecule has 5 nitrogen and oxygen atoms in total. The summed E-state index contributed by atoms with van der Waals surface area (Å²) in [6, 6.07) is 7.86. The van der Waals surface area contributed by atoms with Crippen molar-refractivity contribution in [1.82, 2.24) is 9.47 Å². The van der Waals surface area contributed by atoms with E-state index < -0.39 is 0 Å². The highest BCUT2D eigenvalue weighted by Gasteiger charge is 2.18. The minimum Gasteiger partial charge on any atom is -0.496 e. The number of rotatable bonds is 4. The number of nitrogens with two attached hydrogens (primary N) is 1. The van der Waals surface area contributed by atoms with Crippen LogP contribution in [0.15, 0.2) is 29.1 Å². The third-order valence-electron chi connectivity index (χ3n) is 4.87. The molecule has 0 aliphatic carbocycles. The summed E-state index contributed by atoms with van der Waals surface area (Å²) in [5, 5.41) is 1.07. The summed E-state index contributed by atoms with van der Waals surface area (Å²) in [6.07, 6.45) is 2.99. The van der Waals surface area contributed by atoms with Gasteiger partial charge in [0.25, 0.3) is 5.56 Å². The van der Waals surface area contributed by atoms with E-state index in [-0.39, 0.29) is 5.56 Å². The topological polar surface area (TPSA) is 60.5 Å². The number of hydrogen-bond acceptors (Lipinski definition) is 4. The first-order valence-electron chi connectivity index (χ1n) is 8.23. The van der Waals surface area contributed by atoms with Crippen LogP contribution in [0.25, 0.3) is 10.9 Å². The maximum absolute atomic E-state index is 12.0. The third kappa shape index (κ3) is 3.26. The highest BCUT2D eigenvalue weighted by atomic mass is 16.5. The Morgan fingerprint density at radius 3 is 2.61 bits per heavy atom. The number of ether oxygens (including phenoxy) is 1. The Labute approximate surface area is 136 Å². The summed E-state index contributed by atoms with van der Waals surface area (Å²) in [5.41, 5.74) is 8.07. The molecule has 1 aromatic carbocycles. The predicted molar refractivity (Wildman–Crippen MR) is 93.1 cm³/mol. The summed E-state index contributed by atoms with van der Waals surface area (Å²) < 4.78 is 7.27. The Morgan fingerprint density at radius 1 is 1.22 bits per heavy atom. The molecular weight excluding hydrogens is 290 g/mol. The molecule has 0 spiro atoms. The van der Waals surface area contributed by atoms with Crippen molar-refractivity contribution in [2.24, 2.45) is 12.8 Å². The molecular formula is C18H25N3O2. The minimum atomic E-state index is 0.0101. The lowest BCUT2D eigenvalue weighted by molar-refractivity contribution is 0.215. The van der Waals surface area contributed by atoms with Gasteiger partial charge >= 0.3 is 0 Å². The van der Waals surface area contributed by atoms with Gasteiger partial charge in [0.2, 0.25) is 0 Å². The van der Waals surface area contributed by atoms with Crippen molar-refractivity contribution in [3.8, 4) is 5.75 Å². The van der Waals surface area contributed by atoms with E-state index in [2.05, 4.69) is 4.90 Å². The van der Waals surface area contributed by atoms with E-state index in [1.807, 2.05) is 25.2 Å². The van der Waals surface area contributed by atoms with Crippen molar-refractivity contribution in [3.05, 3.63) is 40.2 Å². The zero-order valence-corrected chi connectivity index (χ0v) is 13.9. The molecule has 2 heterocycles. The van der Waals surface area contributed by atoms with Crippen LogP contribution in [0.3, 0.4) is 0 Å². The first-order chi connectivity index (χ1) is 11.1. The van der Waals surface area contributed by atoms with Crippen LogP contribution in [0.2, 0.25) is 0 Å². The van der Waals surface area contributed by atoms with E-state index in [1.54, 1.807) is 17.7 Å². The van der Waals surface area contributed by atoms with Gasteiger partial charge in [-0.1, -0.05) is 0 Å². The average Bonchev–Trinajstić information content (AvgIpc) is 2.57. The van der Waals surface area contributed by atoms with Crippen LogP contribution in [-0.2, 0) is 13.5 Å². The molecule has 1 fully saturated rings. The van der Waals surface area contributed by atoms with Crippen LogP contribution >= 0.6 is 0 Å². The van der Waals surface area contributed by atoms with Crippen LogP contribution in [0.4, 0.5) is 0 Å². The van der Waals surface area contributed by atoms with Gasteiger partial charge in [-0.3, -0.25) is 4.79 Å². The number of fused-ring (bicyclic) bond motifs is 1. The van der Waals surface area contributed by atoms with Crippen LogP contribution in [0.5, 0.6) is 5.75 Å². The second-order valence-electron chi connectivity index (χ2n) is 6.34. The standard InChI is InChI=1S/C18H25N3O2/c1-20-17(22)6-4-13-3-5-16(23-2)15(18(13)20)9-12-21-10-7-14(19)8-11-21/h3-6,14H,7-12,19H2,1-2H3. The fraction of sp³-hybridized carbons (Fsp3) is 0.500. The van der Waals surface area contributed by atoms with Gasteiger partial charge < -0.3 is 19.9 Å². The zero-order valence-electron chi connectivity index (χ0n) is 13.9. The Morgan fingerprint density at radius 2 is 1.91 bits per heavy atom. The van der Waals surface area contributed by atoms with Gasteiger partial charge in [-0.15, -0.1) is 0 Å². The maximum Gasteiger partial charge on any atom is 0.250 e. The lowest BCUT2D eigenvalue weighted by Gasteiger charge is -2.30. The maximum atomic E-state index is 12.0. The third-order valence-corrected chi connectivity index (χ3v) is 4.87.